The molecule has 28 heavy (non-hydrogen) atoms. The molecule has 2 rings (SSSR count). The van der Waals surface area contributed by atoms with E-state index in [4.69, 9.17) is 10.8 Å². The zero-order chi connectivity index (χ0) is 20.4. The van der Waals surface area contributed by atoms with E-state index in [0.717, 1.165) is 24.0 Å². The van der Waals surface area contributed by atoms with Gasteiger partial charge in [-0.3, -0.25) is 9.59 Å². The van der Waals surface area contributed by atoms with Gasteiger partial charge in [-0.05, 0) is 36.1 Å². The second kappa shape index (κ2) is 11.2. The summed E-state index contributed by atoms with van der Waals surface area (Å²) in [4.78, 5) is 25.2. The lowest BCUT2D eigenvalue weighted by Crippen LogP contribution is -2.50. The summed E-state index contributed by atoms with van der Waals surface area (Å²) in [5.41, 5.74) is 8.40. The van der Waals surface area contributed by atoms with Crippen molar-refractivity contribution in [3.8, 4) is 0 Å². The molecule has 2 amide bonds. The number of benzene rings is 2. The monoisotopic (exact) mass is 383 g/mol. The van der Waals surface area contributed by atoms with Crippen LogP contribution < -0.4 is 16.4 Å². The maximum Gasteiger partial charge on any atom is 0.246 e. The zero-order valence-corrected chi connectivity index (χ0v) is 16.2. The molecule has 0 spiro atoms. The highest BCUT2D eigenvalue weighted by Crippen LogP contribution is 2.12. The van der Waals surface area contributed by atoms with Crippen molar-refractivity contribution < 1.29 is 14.7 Å². The van der Waals surface area contributed by atoms with E-state index in [0.29, 0.717) is 18.5 Å². The number of unbranched alkanes of at least 4 members (excludes halogenated alkanes) is 1. The van der Waals surface area contributed by atoms with Gasteiger partial charge in [-0.1, -0.05) is 62.2 Å². The van der Waals surface area contributed by atoms with Crippen LogP contribution in [0.2, 0.25) is 0 Å². The maximum atomic E-state index is 12.7. The van der Waals surface area contributed by atoms with Crippen LogP contribution in [0.5, 0.6) is 0 Å². The van der Waals surface area contributed by atoms with Crippen LogP contribution in [0, 0.1) is 0 Å². The van der Waals surface area contributed by atoms with Crippen molar-refractivity contribution in [2.45, 2.75) is 51.3 Å². The number of aliphatic hydroxyl groups is 1. The van der Waals surface area contributed by atoms with Crippen molar-refractivity contribution in [3.63, 3.8) is 0 Å². The number of amides is 2. The highest BCUT2D eigenvalue weighted by Gasteiger charge is 2.23. The molecule has 0 radical (unpaired) electrons. The van der Waals surface area contributed by atoms with Crippen LogP contribution >= 0.6 is 0 Å². The predicted molar refractivity (Wildman–Crippen MR) is 111 cm³/mol. The Morgan fingerprint density at radius 1 is 1.00 bits per heavy atom. The summed E-state index contributed by atoms with van der Waals surface area (Å²) in [5, 5.41) is 14.7. The van der Waals surface area contributed by atoms with Crippen molar-refractivity contribution in [3.05, 3.63) is 65.7 Å². The van der Waals surface area contributed by atoms with Crippen molar-refractivity contribution in [1.82, 2.24) is 5.32 Å². The van der Waals surface area contributed by atoms with Gasteiger partial charge < -0.3 is 21.5 Å². The molecule has 2 unspecified atom stereocenters. The van der Waals surface area contributed by atoms with Crippen LogP contribution in [-0.4, -0.2) is 29.0 Å². The van der Waals surface area contributed by atoms with Gasteiger partial charge in [-0.15, -0.1) is 0 Å². The molecule has 0 aromatic heterocycles. The van der Waals surface area contributed by atoms with Crippen LogP contribution in [-0.2, 0) is 22.6 Å². The number of carbonyl (C=O) groups is 2. The topological polar surface area (TPSA) is 104 Å². The Labute approximate surface area is 166 Å². The highest BCUT2D eigenvalue weighted by molar-refractivity contribution is 5.97. The summed E-state index contributed by atoms with van der Waals surface area (Å²) in [6, 6.07) is 15.1. The van der Waals surface area contributed by atoms with Crippen LogP contribution in [0.1, 0.15) is 37.3 Å². The van der Waals surface area contributed by atoms with Gasteiger partial charge in [0.1, 0.15) is 6.04 Å². The van der Waals surface area contributed by atoms with E-state index in [1.165, 1.54) is 0 Å². The molecule has 6 heteroatoms. The Hall–Kier alpha value is -2.70. The van der Waals surface area contributed by atoms with Gasteiger partial charge in [0.25, 0.3) is 0 Å². The largest absolute Gasteiger partial charge is 0.392 e. The smallest absolute Gasteiger partial charge is 0.246 e. The summed E-state index contributed by atoms with van der Waals surface area (Å²) in [6.07, 6.45) is 2.69. The van der Waals surface area contributed by atoms with Gasteiger partial charge >= 0.3 is 0 Å². The Morgan fingerprint density at radius 2 is 1.68 bits per heavy atom. The van der Waals surface area contributed by atoms with Gasteiger partial charge in [-0.2, -0.15) is 0 Å². The fourth-order valence-electron chi connectivity index (χ4n) is 2.84. The van der Waals surface area contributed by atoms with Crippen molar-refractivity contribution in [2.75, 3.05) is 5.32 Å². The molecule has 5 N–H and O–H groups in total. The summed E-state index contributed by atoms with van der Waals surface area (Å²) < 4.78 is 0. The average molecular weight is 383 g/mol. The maximum absolute atomic E-state index is 12.7. The number of nitrogens with two attached hydrogens (primary N) is 1. The first-order chi connectivity index (χ1) is 13.5. The molecular formula is C22H29N3O3. The summed E-state index contributed by atoms with van der Waals surface area (Å²) >= 11 is 0. The molecular weight excluding hydrogens is 354 g/mol. The Kier molecular flexibility index (Phi) is 8.65. The molecule has 0 aliphatic carbocycles. The number of rotatable bonds is 10. The second-order valence-corrected chi connectivity index (χ2v) is 6.84. The first-order valence-electron chi connectivity index (χ1n) is 9.64. The lowest BCUT2D eigenvalue weighted by Gasteiger charge is -2.21. The third-order valence-electron chi connectivity index (χ3n) is 4.52. The second-order valence-electron chi connectivity index (χ2n) is 6.84. The number of hydrogen-bond acceptors (Lipinski definition) is 4. The molecule has 6 nitrogen and oxygen atoms in total. The summed E-state index contributed by atoms with van der Waals surface area (Å²) in [6.45, 7) is 1.98. The fourth-order valence-corrected chi connectivity index (χ4v) is 2.84. The number of anilines is 1. The molecule has 0 saturated heterocycles. The first kappa shape index (κ1) is 21.6. The quantitative estimate of drug-likeness (QED) is 0.505. The van der Waals surface area contributed by atoms with Crippen molar-refractivity contribution >= 4 is 17.5 Å². The molecule has 0 aliphatic heterocycles. The van der Waals surface area contributed by atoms with Gasteiger partial charge in [0.05, 0.1) is 12.6 Å². The molecule has 0 bridgehead atoms. The zero-order valence-electron chi connectivity index (χ0n) is 16.2. The molecule has 0 heterocycles. The van der Waals surface area contributed by atoms with E-state index < -0.39 is 12.1 Å². The highest BCUT2D eigenvalue weighted by atomic mass is 16.3. The van der Waals surface area contributed by atoms with Crippen LogP contribution in [0.3, 0.4) is 0 Å². The summed E-state index contributed by atoms with van der Waals surface area (Å²) in [5.74, 6) is -0.610. The van der Waals surface area contributed by atoms with E-state index in [2.05, 4.69) is 10.6 Å². The molecule has 2 aromatic rings. The lowest BCUT2D eigenvalue weighted by molar-refractivity contribution is -0.127. The Morgan fingerprint density at radius 3 is 2.29 bits per heavy atom. The Bertz CT molecular complexity index is 747. The minimum Gasteiger partial charge on any atom is -0.392 e. The predicted octanol–water partition coefficient (Wildman–Crippen LogP) is 2.36. The molecule has 2 atom stereocenters. The SMILES string of the molecule is CCCCC(NC(=O)C(N)Cc1ccccc1)C(=O)Nc1ccc(CO)cc1. The minimum absolute atomic E-state index is 0.0529. The molecule has 0 saturated carbocycles. The first-order valence-corrected chi connectivity index (χ1v) is 9.64. The molecule has 0 fully saturated rings. The normalized spacial score (nSPS) is 12.8. The van der Waals surface area contributed by atoms with E-state index in [1.54, 1.807) is 24.3 Å². The van der Waals surface area contributed by atoms with Crippen LogP contribution in [0.4, 0.5) is 5.69 Å². The number of nitrogens with one attached hydrogen (secondary N) is 2. The molecule has 150 valence electrons. The minimum atomic E-state index is -0.719. The molecule has 0 aliphatic rings. The van der Waals surface area contributed by atoms with E-state index in [1.807, 2.05) is 37.3 Å². The van der Waals surface area contributed by atoms with E-state index in [9.17, 15) is 9.59 Å². The third kappa shape index (κ3) is 6.79. The van der Waals surface area contributed by atoms with Gasteiger partial charge in [0, 0.05) is 5.69 Å². The van der Waals surface area contributed by atoms with Gasteiger partial charge in [-0.25, -0.2) is 0 Å². The fraction of sp³-hybridized carbons (Fsp3) is 0.364. The van der Waals surface area contributed by atoms with Gasteiger partial charge in [0.2, 0.25) is 11.8 Å². The standard InChI is InChI=1S/C22H29N3O3/c1-2-3-9-20(22(28)24-18-12-10-17(15-26)11-13-18)25-21(27)19(23)14-16-7-5-4-6-8-16/h4-8,10-13,19-20,26H,2-3,9,14-15,23H2,1H3,(H,24,28)(H,25,27). The molecule has 2 aromatic carbocycles. The number of aliphatic hydroxyl groups excluding tert-OH is 1. The Balaban J connectivity index is 1.98. The lowest BCUT2D eigenvalue weighted by atomic mass is 10.0. The third-order valence-corrected chi connectivity index (χ3v) is 4.52. The van der Waals surface area contributed by atoms with Crippen molar-refractivity contribution in [1.29, 1.82) is 0 Å². The summed E-state index contributed by atoms with van der Waals surface area (Å²) in [7, 11) is 0. The number of carbonyl (C=O) groups excluding carboxylic acids is 2. The number of hydrogen-bond donors (Lipinski definition) is 4. The van der Waals surface area contributed by atoms with Crippen LogP contribution in [0.15, 0.2) is 54.6 Å². The van der Waals surface area contributed by atoms with Gasteiger partial charge in [0.15, 0.2) is 0 Å². The van der Waals surface area contributed by atoms with E-state index in [-0.39, 0.29) is 18.4 Å². The van der Waals surface area contributed by atoms with E-state index >= 15 is 0 Å². The average Bonchev–Trinajstić information content (AvgIpc) is 2.72. The van der Waals surface area contributed by atoms with Crippen molar-refractivity contribution in [2.24, 2.45) is 5.73 Å². The van der Waals surface area contributed by atoms with Crippen LogP contribution in [0.25, 0.3) is 0 Å².